The molecule has 26 nitrogen and oxygen atoms in total. The van der Waals surface area contributed by atoms with Gasteiger partial charge in [-0.15, -0.1) is 0 Å². The summed E-state index contributed by atoms with van der Waals surface area (Å²) in [4.78, 5) is 74.8. The van der Waals surface area contributed by atoms with Crippen molar-refractivity contribution in [3.8, 4) is 33.9 Å². The Morgan fingerprint density at radius 1 is 0.340 bits per heavy atom. The average molecular weight is 1470 g/mol. The molecule has 1 unspecified atom stereocenters. The number of carbonyl (C=O) groups excluding carboxylic acids is 4. The summed E-state index contributed by atoms with van der Waals surface area (Å²) >= 11 is 0. The Labute approximate surface area is 618 Å². The van der Waals surface area contributed by atoms with Gasteiger partial charge in [0.25, 0.3) is 17.6 Å². The molecule has 7 aromatic rings. The second kappa shape index (κ2) is 48.7. The molecule has 0 spiro atoms. The maximum atomic E-state index is 14.6. The number of ketones is 2. The van der Waals surface area contributed by atoms with Crippen molar-refractivity contribution in [3.63, 3.8) is 0 Å². The van der Waals surface area contributed by atoms with Crippen molar-refractivity contribution in [2.24, 2.45) is 9.98 Å². The second-order valence-corrected chi connectivity index (χ2v) is 23.9. The highest BCUT2D eigenvalue weighted by Crippen LogP contribution is 2.47. The molecule has 2 amide bonds. The number of ether oxygens (including phenoxy) is 12. The fourth-order valence-corrected chi connectivity index (χ4v) is 11.2. The van der Waals surface area contributed by atoms with Gasteiger partial charge in [0, 0.05) is 94.8 Å². The van der Waals surface area contributed by atoms with Crippen LogP contribution in [0, 0.1) is 0 Å². The van der Waals surface area contributed by atoms with Crippen LogP contribution in [0.1, 0.15) is 83.8 Å². The van der Waals surface area contributed by atoms with Crippen LogP contribution in [-0.4, -0.2) is 263 Å². The number of rotatable bonds is 57. The molecule has 106 heavy (non-hydrogen) atoms. The molecule has 0 aliphatic carbocycles. The minimum absolute atomic E-state index is 0.0636. The maximum absolute atomic E-state index is 14.6. The molecule has 1 atom stereocenters. The summed E-state index contributed by atoms with van der Waals surface area (Å²) < 4.78 is 68.5. The fraction of sp³-hybridized carbons (Fsp3) is 0.438. The Hall–Kier alpha value is -8.49. The minimum Gasteiger partial charge on any atom is -0.394 e. The van der Waals surface area contributed by atoms with E-state index in [1.165, 1.54) is 0 Å². The van der Waals surface area contributed by atoms with Crippen molar-refractivity contribution in [1.82, 2.24) is 20.2 Å². The summed E-state index contributed by atoms with van der Waals surface area (Å²) in [6.45, 7) is 7.45. The number of aliphatic hydroxyl groups is 4. The van der Waals surface area contributed by atoms with Gasteiger partial charge < -0.3 is 87.9 Å². The first-order valence-electron chi connectivity index (χ1n) is 36.0. The number of imidazole rings is 1. The molecule has 2 heterocycles. The summed E-state index contributed by atoms with van der Waals surface area (Å²) in [6, 6.07) is 48.0. The smallest absolute Gasteiger partial charge is 0.261 e. The first-order valence-corrected chi connectivity index (χ1v) is 36.0. The molecular formula is C80H100N6O20. The average Bonchev–Trinajstić information content (AvgIpc) is 1.55. The van der Waals surface area contributed by atoms with E-state index in [1.54, 1.807) is 60.7 Å². The third-order valence-electron chi connectivity index (χ3n) is 16.2. The molecule has 0 saturated carbocycles. The van der Waals surface area contributed by atoms with Gasteiger partial charge >= 0.3 is 0 Å². The van der Waals surface area contributed by atoms with E-state index in [0.29, 0.717) is 209 Å². The number of benzene rings is 6. The van der Waals surface area contributed by atoms with Gasteiger partial charge in [0.1, 0.15) is 5.82 Å². The van der Waals surface area contributed by atoms with Gasteiger partial charge in [-0.25, -0.2) is 15.0 Å². The molecule has 26 heteroatoms. The lowest BCUT2D eigenvalue weighted by molar-refractivity contribution is 0.00731. The summed E-state index contributed by atoms with van der Waals surface area (Å²) in [6.07, 6.45) is 1.19. The largest absolute Gasteiger partial charge is 0.394 e. The molecule has 1 aromatic heterocycles. The summed E-state index contributed by atoms with van der Waals surface area (Å²) in [7, 11) is 0. The zero-order chi connectivity index (χ0) is 74.5. The molecule has 0 radical (unpaired) electrons. The maximum Gasteiger partial charge on any atom is 0.261 e. The van der Waals surface area contributed by atoms with Crippen LogP contribution < -0.4 is 10.6 Å². The quantitative estimate of drug-likeness (QED) is 0.0164. The van der Waals surface area contributed by atoms with E-state index in [-0.39, 0.29) is 122 Å². The Kier molecular flexibility index (Phi) is 38.2. The number of amides is 2. The third kappa shape index (κ3) is 27.1. The van der Waals surface area contributed by atoms with E-state index in [4.69, 9.17) is 92.2 Å². The number of hydrogen-bond donors (Lipinski definition) is 6. The number of carbonyl (C=O) groups is 4. The monoisotopic (exact) mass is 1460 g/mol. The second-order valence-electron chi connectivity index (χ2n) is 23.9. The number of nitrogens with one attached hydrogen (secondary N) is 2. The van der Waals surface area contributed by atoms with Gasteiger partial charge in [0.05, 0.1) is 195 Å². The van der Waals surface area contributed by atoms with Gasteiger partial charge in [0.15, 0.2) is 11.6 Å². The number of aromatic nitrogens is 2. The van der Waals surface area contributed by atoms with Crippen LogP contribution >= 0.6 is 0 Å². The molecule has 570 valence electrons. The minimum atomic E-state index is -1.82. The fourth-order valence-electron chi connectivity index (χ4n) is 11.2. The van der Waals surface area contributed by atoms with Crippen LogP contribution in [0.5, 0.6) is 0 Å². The molecule has 8 rings (SSSR count). The molecule has 1 aliphatic rings. The Bertz CT molecular complexity index is 3700. The normalized spacial score (nSPS) is 13.4. The molecule has 1 aliphatic heterocycles. The zero-order valence-electron chi connectivity index (χ0n) is 60.2. The summed E-state index contributed by atoms with van der Waals surface area (Å²) in [5.74, 6) is -2.42. The highest BCUT2D eigenvalue weighted by atomic mass is 16.6. The van der Waals surface area contributed by atoms with E-state index >= 15 is 0 Å². The van der Waals surface area contributed by atoms with Gasteiger partial charge in [-0.3, -0.25) is 23.7 Å². The van der Waals surface area contributed by atoms with E-state index in [0.717, 1.165) is 0 Å². The van der Waals surface area contributed by atoms with Crippen molar-refractivity contribution in [2.75, 3.05) is 198 Å². The Morgan fingerprint density at radius 3 is 1.08 bits per heavy atom. The first-order chi connectivity index (χ1) is 52.2. The number of aliphatic imine (C=N–C) groups is 2. The molecule has 6 aromatic carbocycles. The van der Waals surface area contributed by atoms with Crippen molar-refractivity contribution < 1.29 is 96.4 Å². The highest BCUT2D eigenvalue weighted by molar-refractivity contribution is 6.54. The lowest BCUT2D eigenvalue weighted by Gasteiger charge is -2.30. The zero-order valence-corrected chi connectivity index (χ0v) is 60.2. The van der Waals surface area contributed by atoms with E-state index in [2.05, 4.69) is 10.6 Å². The van der Waals surface area contributed by atoms with Gasteiger partial charge in [-0.05, 0) is 49.2 Å². The van der Waals surface area contributed by atoms with Crippen molar-refractivity contribution in [3.05, 3.63) is 197 Å². The van der Waals surface area contributed by atoms with Gasteiger partial charge in [0.2, 0.25) is 0 Å². The third-order valence-corrected chi connectivity index (χ3v) is 16.2. The summed E-state index contributed by atoms with van der Waals surface area (Å²) in [5, 5.41) is 41.9. The van der Waals surface area contributed by atoms with Crippen LogP contribution in [0.4, 0.5) is 0 Å². The van der Waals surface area contributed by atoms with E-state index in [1.807, 2.05) is 102 Å². The van der Waals surface area contributed by atoms with Crippen molar-refractivity contribution in [2.45, 2.75) is 31.5 Å². The van der Waals surface area contributed by atoms with E-state index < -0.39 is 5.79 Å². The Morgan fingerprint density at radius 2 is 0.660 bits per heavy atom. The number of Topliss-reactive ketones (excluding diaryl/α,β-unsaturated/α-hetero) is 2. The molecule has 6 N–H and O–H groups in total. The lowest BCUT2D eigenvalue weighted by Crippen LogP contribution is -2.31. The van der Waals surface area contributed by atoms with Crippen molar-refractivity contribution >= 4 is 34.8 Å². The molecule has 0 saturated heterocycles. The Balaban J connectivity index is 1.21. The van der Waals surface area contributed by atoms with Gasteiger partial charge in [-0.2, -0.15) is 0 Å². The van der Waals surface area contributed by atoms with E-state index in [9.17, 15) is 19.2 Å². The molecular weight excluding hydrogens is 1360 g/mol. The molecule has 0 fully saturated rings. The predicted octanol–water partition coefficient (Wildman–Crippen LogP) is 7.09. The van der Waals surface area contributed by atoms with Crippen LogP contribution in [0.15, 0.2) is 168 Å². The van der Waals surface area contributed by atoms with Crippen LogP contribution in [0.3, 0.4) is 0 Å². The predicted molar refractivity (Wildman–Crippen MR) is 398 cm³/mol. The van der Waals surface area contributed by atoms with Crippen LogP contribution in [0.25, 0.3) is 33.9 Å². The number of nitrogens with zero attached hydrogens (tertiary/aromatic N) is 4. The lowest BCUT2D eigenvalue weighted by atomic mass is 9.96. The van der Waals surface area contributed by atoms with Crippen LogP contribution in [-0.2, 0) is 62.6 Å². The standard InChI is InChI=1S/C80H100N6O20/c87-29-37-99-45-53-103-49-41-95-33-11-25-71(91)62-15-7-17-64(57-62)73-74(65-18-9-21-68(59-65)78(93)81-27-35-97-43-51-105-55-47-101-39-31-89)85-80(84-73,70-23-5-2-6-24-70)86-76(67-20-8-16-63(58-67)72(92)26-12-34-96-42-50-104-54-46-100-38-30-88)75(83-77(86)61-13-3-1-4-14-61)66-19-10-22-69(60-66)79(94)82-28-36-98-44-52-106-56-48-102-40-32-90/h1-10,13-24,57-60,87-90H,11-12,25-56H2,(H,81,93)(H,82,94). The SMILES string of the molecule is O=C(CCCOCCOCCOCCO)c1cccc(C2=NC(c3ccccc3)(n3c(-c4ccccc4)nc(-c4cccc(C(=O)NCCOCCOCCOCCO)c4)c3-c3cccc(C(=O)CCCOCCOCCOCCO)c3)N=C2c2cccc(C(=O)NCCOCCOCCOCCO)c2)c1. The molecule has 0 bridgehead atoms. The van der Waals surface area contributed by atoms with Gasteiger partial charge in [-0.1, -0.05) is 121 Å². The summed E-state index contributed by atoms with van der Waals surface area (Å²) in [5.41, 5.74) is 6.55. The number of aliphatic hydroxyl groups excluding tert-OH is 4. The highest BCUT2D eigenvalue weighted by Gasteiger charge is 2.45. The number of hydrogen-bond acceptors (Lipinski definition) is 23. The first kappa shape index (κ1) is 83.2. The van der Waals surface area contributed by atoms with Crippen LogP contribution in [0.2, 0.25) is 0 Å². The topological polar surface area (TPSA) is 327 Å². The van der Waals surface area contributed by atoms with Crippen molar-refractivity contribution in [1.29, 1.82) is 0 Å².